The lowest BCUT2D eigenvalue weighted by Gasteiger charge is -2.37. The summed E-state index contributed by atoms with van der Waals surface area (Å²) in [4.78, 5) is 24.9. The van der Waals surface area contributed by atoms with Crippen LogP contribution in [-0.2, 0) is 19.3 Å². The number of fused-ring (bicyclic) bond motifs is 1. The molecule has 1 fully saturated rings. The number of aromatic nitrogens is 2. The highest BCUT2D eigenvalue weighted by atomic mass is 19.4. The summed E-state index contributed by atoms with van der Waals surface area (Å²) >= 11 is 0. The molecule has 3 N–H and O–H groups in total. The molecule has 1 aliphatic rings. The largest absolute Gasteiger partial charge is 0.496 e. The minimum atomic E-state index is -4.54. The number of piperazine rings is 1. The molecule has 3 heterocycles. The van der Waals surface area contributed by atoms with Crippen LogP contribution < -0.4 is 15.4 Å². The average molecular weight is 581 g/mol. The Kier molecular flexibility index (Phi) is 8.69. The molecule has 1 aliphatic heterocycles. The molecule has 1 amide bonds. The second-order valence-corrected chi connectivity index (χ2v) is 10.7. The number of aromatic amines is 1. The molecule has 0 saturated carbocycles. The summed E-state index contributed by atoms with van der Waals surface area (Å²) < 4.78 is 47.7. The van der Waals surface area contributed by atoms with Gasteiger partial charge in [0.05, 0.1) is 18.1 Å². The number of pyridine rings is 1. The van der Waals surface area contributed by atoms with Crippen LogP contribution in [0.2, 0.25) is 0 Å². The zero-order chi connectivity index (χ0) is 29.9. The van der Waals surface area contributed by atoms with E-state index >= 15 is 0 Å². The first kappa shape index (κ1) is 29.4. The molecule has 0 unspecified atom stereocenters. The lowest BCUT2D eigenvalue weighted by Crippen LogP contribution is -2.48. The van der Waals surface area contributed by atoms with Gasteiger partial charge in [0.1, 0.15) is 11.4 Å². The Morgan fingerprint density at radius 1 is 1.05 bits per heavy atom. The predicted octanol–water partition coefficient (Wildman–Crippen LogP) is 5.98. The topological polar surface area (TPSA) is 85.5 Å². The second kappa shape index (κ2) is 12.4. The zero-order valence-corrected chi connectivity index (χ0v) is 23.9. The molecule has 1 saturated heterocycles. The normalized spacial score (nSPS) is 14.8. The summed E-state index contributed by atoms with van der Waals surface area (Å²) in [5.41, 5.74) is 2.10. The maximum absolute atomic E-state index is 14.0. The second-order valence-electron chi connectivity index (χ2n) is 10.7. The van der Waals surface area contributed by atoms with E-state index < -0.39 is 17.6 Å². The quantitative estimate of drug-likeness (QED) is 0.226. The van der Waals surface area contributed by atoms with Crippen LogP contribution in [0, 0.1) is 0 Å². The van der Waals surface area contributed by atoms with Gasteiger partial charge in [0.15, 0.2) is 0 Å². The number of anilines is 2. The average Bonchev–Trinajstić information content (AvgIpc) is 3.45. The van der Waals surface area contributed by atoms with Gasteiger partial charge >= 0.3 is 6.18 Å². The monoisotopic (exact) mass is 580 g/mol. The van der Waals surface area contributed by atoms with E-state index in [1.807, 2.05) is 17.0 Å². The van der Waals surface area contributed by atoms with E-state index in [9.17, 15) is 18.0 Å². The van der Waals surface area contributed by atoms with E-state index in [-0.39, 0.29) is 17.8 Å². The van der Waals surface area contributed by atoms with Crippen molar-refractivity contribution in [2.45, 2.75) is 39.2 Å². The maximum Gasteiger partial charge on any atom is 0.416 e. The zero-order valence-electron chi connectivity index (χ0n) is 23.9. The maximum atomic E-state index is 14.0. The van der Waals surface area contributed by atoms with Crippen molar-refractivity contribution in [3.05, 3.63) is 83.2 Å². The number of H-pyrrole nitrogens is 1. The number of methoxy groups -OCH3 is 1. The standard InChI is InChI=1S/C31H35F3N6O2/c1-20(2)40-13-11-39(12-14-40)19-22-7-8-25(16-27(22)31(32,33)34)38-30(41)21-5-4-6-24(15-21)36-17-23-18-37-29-26(9-10-35-29)28(23)42-3/h4-10,15-16,18,20,36H,11-14,17,19H2,1-3H3,(H,35,37)(H,38,41). The smallest absolute Gasteiger partial charge is 0.416 e. The predicted molar refractivity (Wildman–Crippen MR) is 158 cm³/mol. The van der Waals surface area contributed by atoms with Crippen molar-refractivity contribution >= 4 is 28.3 Å². The van der Waals surface area contributed by atoms with E-state index in [1.165, 1.54) is 12.1 Å². The molecular formula is C31H35F3N6O2. The van der Waals surface area contributed by atoms with E-state index in [0.29, 0.717) is 42.7 Å². The Balaban J connectivity index is 1.26. The molecule has 0 spiro atoms. The Labute approximate surface area is 242 Å². The van der Waals surface area contributed by atoms with Crippen LogP contribution in [0.4, 0.5) is 24.5 Å². The minimum absolute atomic E-state index is 0.0923. The van der Waals surface area contributed by atoms with Crippen LogP contribution in [0.5, 0.6) is 5.75 Å². The molecule has 42 heavy (non-hydrogen) atoms. The summed E-state index contributed by atoms with van der Waals surface area (Å²) in [5, 5.41) is 6.77. The number of halogens is 3. The van der Waals surface area contributed by atoms with Gasteiger partial charge in [-0.1, -0.05) is 12.1 Å². The van der Waals surface area contributed by atoms with E-state index in [1.54, 1.807) is 37.7 Å². The van der Waals surface area contributed by atoms with Crippen molar-refractivity contribution in [2.75, 3.05) is 43.9 Å². The summed E-state index contributed by atoms with van der Waals surface area (Å²) in [6.07, 6.45) is -1.03. The molecule has 4 aromatic rings. The van der Waals surface area contributed by atoms with Gasteiger partial charge in [-0.05, 0) is 55.8 Å². The Morgan fingerprint density at radius 3 is 2.55 bits per heavy atom. The number of hydrogen-bond donors (Lipinski definition) is 3. The number of carbonyl (C=O) groups excluding carboxylic acids is 1. The minimum Gasteiger partial charge on any atom is -0.496 e. The summed E-state index contributed by atoms with van der Waals surface area (Å²) in [6, 6.07) is 13.1. The van der Waals surface area contributed by atoms with Gasteiger partial charge in [-0.25, -0.2) is 4.98 Å². The molecule has 2 aromatic carbocycles. The molecule has 5 rings (SSSR count). The molecule has 0 atom stereocenters. The van der Waals surface area contributed by atoms with Crippen molar-refractivity contribution in [1.29, 1.82) is 0 Å². The number of nitrogens with one attached hydrogen (secondary N) is 3. The van der Waals surface area contributed by atoms with Crippen LogP contribution in [-0.4, -0.2) is 65.0 Å². The third kappa shape index (κ3) is 6.69. The van der Waals surface area contributed by atoms with Crippen LogP contribution >= 0.6 is 0 Å². The Hall–Kier alpha value is -4.09. The first-order valence-electron chi connectivity index (χ1n) is 13.9. The Morgan fingerprint density at radius 2 is 1.83 bits per heavy atom. The van der Waals surface area contributed by atoms with Crippen LogP contribution in [0.25, 0.3) is 11.0 Å². The van der Waals surface area contributed by atoms with Crippen molar-refractivity contribution < 1.29 is 22.7 Å². The van der Waals surface area contributed by atoms with Crippen molar-refractivity contribution in [1.82, 2.24) is 19.8 Å². The number of nitrogens with zero attached hydrogens (tertiary/aromatic N) is 3. The third-order valence-electron chi connectivity index (χ3n) is 7.63. The van der Waals surface area contributed by atoms with Crippen LogP contribution in [0.15, 0.2) is 60.9 Å². The highest BCUT2D eigenvalue weighted by Crippen LogP contribution is 2.35. The fourth-order valence-electron chi connectivity index (χ4n) is 5.30. The molecule has 2 aromatic heterocycles. The number of alkyl halides is 3. The number of rotatable bonds is 9. The molecule has 11 heteroatoms. The van der Waals surface area contributed by atoms with Gasteiger partial charge in [0, 0.05) is 80.2 Å². The summed E-state index contributed by atoms with van der Waals surface area (Å²) in [5.74, 6) is 0.196. The first-order valence-corrected chi connectivity index (χ1v) is 13.9. The van der Waals surface area contributed by atoms with E-state index in [2.05, 4.69) is 39.3 Å². The SMILES string of the molecule is COc1c(CNc2cccc(C(=O)Nc3ccc(CN4CCN(C(C)C)CC4)c(C(F)(F)F)c3)c2)cnc2[nH]ccc12. The number of ether oxygens (including phenoxy) is 1. The van der Waals surface area contributed by atoms with Gasteiger partial charge in [0.2, 0.25) is 0 Å². The number of carbonyl (C=O) groups is 1. The number of benzene rings is 2. The number of amides is 1. The van der Waals surface area contributed by atoms with Gasteiger partial charge in [-0.3, -0.25) is 14.6 Å². The van der Waals surface area contributed by atoms with Crippen LogP contribution in [0.1, 0.15) is 40.9 Å². The lowest BCUT2D eigenvalue weighted by molar-refractivity contribution is -0.138. The van der Waals surface area contributed by atoms with Gasteiger partial charge in [-0.2, -0.15) is 13.2 Å². The summed E-state index contributed by atoms with van der Waals surface area (Å²) in [6.45, 7) is 7.92. The molecular weight excluding hydrogens is 545 g/mol. The fourth-order valence-corrected chi connectivity index (χ4v) is 5.30. The van der Waals surface area contributed by atoms with Crippen LogP contribution in [0.3, 0.4) is 0 Å². The Bertz CT molecular complexity index is 1540. The van der Waals surface area contributed by atoms with Gasteiger partial charge in [-0.15, -0.1) is 0 Å². The molecule has 222 valence electrons. The van der Waals surface area contributed by atoms with Crippen molar-refractivity contribution in [2.24, 2.45) is 0 Å². The molecule has 0 aliphatic carbocycles. The van der Waals surface area contributed by atoms with Crippen molar-refractivity contribution in [3.8, 4) is 5.75 Å². The van der Waals surface area contributed by atoms with Crippen molar-refractivity contribution in [3.63, 3.8) is 0 Å². The lowest BCUT2D eigenvalue weighted by atomic mass is 10.0. The van der Waals surface area contributed by atoms with Gasteiger partial charge in [0.25, 0.3) is 5.91 Å². The van der Waals surface area contributed by atoms with Gasteiger partial charge < -0.3 is 20.4 Å². The molecule has 0 radical (unpaired) electrons. The van der Waals surface area contributed by atoms with E-state index in [4.69, 9.17) is 4.74 Å². The molecule has 0 bridgehead atoms. The highest BCUT2D eigenvalue weighted by molar-refractivity contribution is 6.04. The molecule has 8 nitrogen and oxygen atoms in total. The number of hydrogen-bond acceptors (Lipinski definition) is 6. The highest BCUT2D eigenvalue weighted by Gasteiger charge is 2.34. The first-order chi connectivity index (χ1) is 20.1. The fraction of sp³-hybridized carbons (Fsp3) is 0.355. The third-order valence-corrected chi connectivity index (χ3v) is 7.63. The van der Waals surface area contributed by atoms with E-state index in [0.717, 1.165) is 35.8 Å². The summed E-state index contributed by atoms with van der Waals surface area (Å²) in [7, 11) is 1.60.